The summed E-state index contributed by atoms with van der Waals surface area (Å²) in [5, 5.41) is 0. The maximum absolute atomic E-state index is 12.8. The van der Waals surface area contributed by atoms with Gasteiger partial charge in [-0.15, -0.1) is 0 Å². The summed E-state index contributed by atoms with van der Waals surface area (Å²) in [4.78, 5) is 34.0. The molecule has 0 atom stereocenters. The molecule has 2 heterocycles. The van der Waals surface area contributed by atoms with Gasteiger partial charge in [-0.2, -0.15) is 0 Å². The van der Waals surface area contributed by atoms with E-state index in [1.807, 2.05) is 0 Å². The zero-order chi connectivity index (χ0) is 20.6. The Morgan fingerprint density at radius 3 is 1.86 bits per heavy atom. The topological polar surface area (TPSA) is 78.4 Å². The molecule has 148 valence electrons. The lowest BCUT2D eigenvalue weighted by atomic mass is 9.87. The molecule has 3 rings (SSSR count). The van der Waals surface area contributed by atoms with Gasteiger partial charge in [0, 0.05) is 36.7 Å². The number of carbonyl (C=O) groups excluding carboxylic acids is 2. The number of hydrogen-bond acceptors (Lipinski definition) is 6. The molecule has 0 saturated carbocycles. The summed E-state index contributed by atoms with van der Waals surface area (Å²) in [5.74, 6) is 0.521. The van der Waals surface area contributed by atoms with Crippen molar-refractivity contribution >= 4 is 11.6 Å². The van der Waals surface area contributed by atoms with E-state index in [1.165, 1.54) is 0 Å². The van der Waals surface area contributed by atoms with Crippen molar-refractivity contribution in [2.75, 3.05) is 14.2 Å². The summed E-state index contributed by atoms with van der Waals surface area (Å²) in [7, 11) is 3.13. The number of ketones is 2. The summed E-state index contributed by atoms with van der Waals surface area (Å²) in [6, 6.07) is 15.7. The Balaban J connectivity index is 1.95. The minimum Gasteiger partial charge on any atom is -0.497 e. The normalized spacial score (nSPS) is 10.6. The Bertz CT molecular complexity index is 921. The summed E-state index contributed by atoms with van der Waals surface area (Å²) in [5.41, 5.74) is 1.47. The highest BCUT2D eigenvalue weighted by Gasteiger charge is 2.25. The lowest BCUT2D eigenvalue weighted by molar-refractivity contribution is 0.0938. The average Bonchev–Trinajstić information content (AvgIpc) is 2.79. The number of aromatic nitrogens is 2. The van der Waals surface area contributed by atoms with E-state index in [4.69, 9.17) is 9.47 Å². The quantitative estimate of drug-likeness (QED) is 0.511. The second-order valence-electron chi connectivity index (χ2n) is 6.49. The number of ether oxygens (including phenoxy) is 2. The van der Waals surface area contributed by atoms with Crippen molar-refractivity contribution in [3.8, 4) is 11.5 Å². The van der Waals surface area contributed by atoms with Gasteiger partial charge in [0.05, 0.1) is 14.2 Å². The van der Waals surface area contributed by atoms with Crippen LogP contribution in [0.2, 0.25) is 0 Å². The molecule has 2 aromatic heterocycles. The molecule has 6 heteroatoms. The number of carbonyl (C=O) groups is 2. The maximum atomic E-state index is 12.8. The number of methoxy groups -OCH3 is 2. The fraction of sp³-hybridized carbons (Fsp3) is 0.217. The molecule has 0 radical (unpaired) electrons. The van der Waals surface area contributed by atoms with Crippen molar-refractivity contribution in [1.29, 1.82) is 0 Å². The molecule has 0 aliphatic carbocycles. The molecule has 29 heavy (non-hydrogen) atoms. The highest BCUT2D eigenvalue weighted by molar-refractivity contribution is 5.97. The zero-order valence-electron chi connectivity index (χ0n) is 16.4. The van der Waals surface area contributed by atoms with Gasteiger partial charge >= 0.3 is 0 Å². The summed E-state index contributed by atoms with van der Waals surface area (Å²) in [6.45, 7) is 0. The smallest absolute Gasteiger partial charge is 0.181 e. The molecule has 3 aromatic rings. The first-order chi connectivity index (χ1) is 14.1. The van der Waals surface area contributed by atoms with Crippen LogP contribution < -0.4 is 9.47 Å². The average molecular weight is 390 g/mol. The minimum absolute atomic E-state index is 0.110. The van der Waals surface area contributed by atoms with E-state index in [1.54, 1.807) is 81.2 Å². The Morgan fingerprint density at radius 2 is 1.41 bits per heavy atom. The second-order valence-corrected chi connectivity index (χ2v) is 6.49. The van der Waals surface area contributed by atoms with E-state index in [0.29, 0.717) is 22.9 Å². The first kappa shape index (κ1) is 20.2. The second kappa shape index (κ2) is 9.59. The minimum atomic E-state index is -0.413. The van der Waals surface area contributed by atoms with Crippen molar-refractivity contribution in [2.24, 2.45) is 0 Å². The van der Waals surface area contributed by atoms with Crippen LogP contribution in [-0.2, 0) is 0 Å². The largest absolute Gasteiger partial charge is 0.497 e. The van der Waals surface area contributed by atoms with E-state index in [0.717, 1.165) is 5.56 Å². The van der Waals surface area contributed by atoms with E-state index in [2.05, 4.69) is 9.97 Å². The number of pyridine rings is 2. The SMILES string of the molecule is COc1ccc(OC)c(C(CC(=O)c2ccccn2)CC(=O)c2ccccn2)c1. The van der Waals surface area contributed by atoms with E-state index < -0.39 is 5.92 Å². The molecule has 6 nitrogen and oxygen atoms in total. The summed E-state index contributed by atoms with van der Waals surface area (Å²) >= 11 is 0. The third-order valence-electron chi connectivity index (χ3n) is 4.64. The molecular weight excluding hydrogens is 368 g/mol. The first-order valence-electron chi connectivity index (χ1n) is 9.22. The summed E-state index contributed by atoms with van der Waals surface area (Å²) in [6.07, 6.45) is 3.37. The molecule has 0 aliphatic heterocycles. The fourth-order valence-electron chi connectivity index (χ4n) is 3.16. The standard InChI is InChI=1S/C23H22N2O4/c1-28-17-9-10-23(29-2)18(15-17)16(13-21(26)19-7-3-5-11-24-19)14-22(27)20-8-4-6-12-25-20/h3-12,15-16H,13-14H2,1-2H3. The van der Waals surface area contributed by atoms with Gasteiger partial charge in [0.2, 0.25) is 0 Å². The Labute approximate surface area is 169 Å². The molecular formula is C23H22N2O4. The Hall–Kier alpha value is -3.54. The van der Waals surface area contributed by atoms with Crippen LogP contribution in [0.3, 0.4) is 0 Å². The monoisotopic (exact) mass is 390 g/mol. The third kappa shape index (κ3) is 5.04. The van der Waals surface area contributed by atoms with Crippen LogP contribution in [0.5, 0.6) is 11.5 Å². The Kier molecular flexibility index (Phi) is 6.68. The van der Waals surface area contributed by atoms with E-state index in [9.17, 15) is 9.59 Å². The van der Waals surface area contributed by atoms with Gasteiger partial charge in [0.1, 0.15) is 22.9 Å². The van der Waals surface area contributed by atoms with Crippen LogP contribution in [0, 0.1) is 0 Å². The predicted molar refractivity (Wildman–Crippen MR) is 109 cm³/mol. The van der Waals surface area contributed by atoms with Crippen molar-refractivity contribution in [1.82, 2.24) is 9.97 Å². The molecule has 0 unspecified atom stereocenters. The van der Waals surface area contributed by atoms with Crippen LogP contribution in [-0.4, -0.2) is 35.8 Å². The number of nitrogens with zero attached hydrogens (tertiary/aromatic N) is 2. The van der Waals surface area contributed by atoms with Gasteiger partial charge in [-0.05, 0) is 42.5 Å². The highest BCUT2D eigenvalue weighted by Crippen LogP contribution is 2.36. The predicted octanol–water partition coefficient (Wildman–Crippen LogP) is 4.12. The highest BCUT2D eigenvalue weighted by atomic mass is 16.5. The lowest BCUT2D eigenvalue weighted by Gasteiger charge is -2.19. The third-order valence-corrected chi connectivity index (χ3v) is 4.64. The van der Waals surface area contributed by atoms with Crippen molar-refractivity contribution < 1.29 is 19.1 Å². The van der Waals surface area contributed by atoms with E-state index in [-0.39, 0.29) is 24.4 Å². The number of benzene rings is 1. The van der Waals surface area contributed by atoms with Gasteiger partial charge in [0.25, 0.3) is 0 Å². The van der Waals surface area contributed by atoms with Crippen LogP contribution in [0.25, 0.3) is 0 Å². The molecule has 0 amide bonds. The molecule has 0 bridgehead atoms. The molecule has 0 aliphatic rings. The van der Waals surface area contributed by atoms with Crippen LogP contribution in [0.15, 0.2) is 67.0 Å². The Morgan fingerprint density at radius 1 is 0.828 bits per heavy atom. The number of Topliss-reactive ketones (excluding diaryl/α,β-unsaturated/α-hetero) is 2. The van der Waals surface area contributed by atoms with Gasteiger partial charge in [-0.3, -0.25) is 19.6 Å². The molecule has 0 saturated heterocycles. The van der Waals surface area contributed by atoms with E-state index >= 15 is 0 Å². The summed E-state index contributed by atoms with van der Waals surface area (Å²) < 4.78 is 10.8. The number of hydrogen-bond donors (Lipinski definition) is 0. The maximum Gasteiger partial charge on any atom is 0.181 e. The van der Waals surface area contributed by atoms with Gasteiger partial charge in [-0.25, -0.2) is 0 Å². The van der Waals surface area contributed by atoms with Crippen molar-refractivity contribution in [2.45, 2.75) is 18.8 Å². The molecule has 1 aromatic carbocycles. The molecule has 0 fully saturated rings. The van der Waals surface area contributed by atoms with Crippen molar-refractivity contribution in [3.05, 3.63) is 83.9 Å². The van der Waals surface area contributed by atoms with Crippen molar-refractivity contribution in [3.63, 3.8) is 0 Å². The first-order valence-corrected chi connectivity index (χ1v) is 9.22. The molecule has 0 spiro atoms. The lowest BCUT2D eigenvalue weighted by Crippen LogP contribution is -2.15. The van der Waals surface area contributed by atoms with Crippen LogP contribution in [0.4, 0.5) is 0 Å². The number of rotatable bonds is 9. The van der Waals surface area contributed by atoms with Gasteiger partial charge < -0.3 is 9.47 Å². The zero-order valence-corrected chi connectivity index (χ0v) is 16.4. The molecule has 0 N–H and O–H groups in total. The van der Waals surface area contributed by atoms with Gasteiger partial charge in [-0.1, -0.05) is 12.1 Å². The van der Waals surface area contributed by atoms with Crippen LogP contribution >= 0.6 is 0 Å². The fourth-order valence-corrected chi connectivity index (χ4v) is 3.16. The van der Waals surface area contributed by atoms with Gasteiger partial charge in [0.15, 0.2) is 11.6 Å². The van der Waals surface area contributed by atoms with Crippen LogP contribution in [0.1, 0.15) is 45.3 Å².